The first-order chi connectivity index (χ1) is 12.1. The van der Waals surface area contributed by atoms with Gasteiger partial charge in [-0.25, -0.2) is 4.98 Å². The minimum absolute atomic E-state index is 0.197. The van der Waals surface area contributed by atoms with E-state index in [1.54, 1.807) is 10.6 Å². The van der Waals surface area contributed by atoms with E-state index in [2.05, 4.69) is 4.98 Å². The highest BCUT2D eigenvalue weighted by atomic mass is 32.1. The lowest BCUT2D eigenvalue weighted by molar-refractivity contribution is 0.638. The zero-order chi connectivity index (χ0) is 17.4. The second-order valence-corrected chi connectivity index (χ2v) is 6.99. The summed E-state index contributed by atoms with van der Waals surface area (Å²) in [5, 5.41) is 0.778. The van der Waals surface area contributed by atoms with Gasteiger partial charge in [0.05, 0.1) is 0 Å². The van der Waals surface area contributed by atoms with Gasteiger partial charge in [0.2, 0.25) is 5.43 Å². The van der Waals surface area contributed by atoms with Crippen LogP contribution in [-0.4, -0.2) is 9.55 Å². The van der Waals surface area contributed by atoms with E-state index in [-0.39, 0.29) is 16.4 Å². The normalized spacial score (nSPS) is 11.2. The molecule has 4 nitrogen and oxygen atoms in total. The zero-order valence-corrected chi connectivity index (χ0v) is 14.5. The summed E-state index contributed by atoms with van der Waals surface area (Å²) in [4.78, 5) is 30.8. The molecule has 0 bridgehead atoms. The van der Waals surface area contributed by atoms with E-state index in [1.165, 1.54) is 11.3 Å². The van der Waals surface area contributed by atoms with Crippen LogP contribution in [0.2, 0.25) is 0 Å². The topological polar surface area (TPSA) is 52.0 Å². The lowest BCUT2D eigenvalue weighted by atomic mass is 10.1. The summed E-state index contributed by atoms with van der Waals surface area (Å²) in [7, 11) is 0. The fourth-order valence-corrected chi connectivity index (χ4v) is 4.12. The van der Waals surface area contributed by atoms with Crippen molar-refractivity contribution < 1.29 is 0 Å². The van der Waals surface area contributed by atoms with Crippen molar-refractivity contribution in [2.45, 2.75) is 19.9 Å². The summed E-state index contributed by atoms with van der Waals surface area (Å²) >= 11 is 1.39. The van der Waals surface area contributed by atoms with E-state index < -0.39 is 0 Å². The Bertz CT molecular complexity index is 1190. The number of nitrogens with zero attached hydrogens (tertiary/aromatic N) is 2. The molecular weight excluding hydrogens is 332 g/mol. The van der Waals surface area contributed by atoms with Crippen molar-refractivity contribution in [2.24, 2.45) is 0 Å². The Morgan fingerprint density at radius 3 is 2.52 bits per heavy atom. The van der Waals surface area contributed by atoms with Crippen LogP contribution in [0.5, 0.6) is 0 Å². The summed E-state index contributed by atoms with van der Waals surface area (Å²) < 4.78 is 2.46. The number of fused-ring (bicyclic) bond motifs is 2. The molecule has 0 N–H and O–H groups in total. The molecule has 0 atom stereocenters. The minimum Gasteiger partial charge on any atom is -0.296 e. The number of aromatic nitrogens is 2. The molecule has 0 aliphatic rings. The second-order valence-electron chi connectivity index (χ2n) is 5.96. The molecule has 0 radical (unpaired) electrons. The van der Waals surface area contributed by atoms with Crippen molar-refractivity contribution in [3.8, 4) is 0 Å². The molecule has 0 saturated carbocycles. The smallest absolute Gasteiger partial charge is 0.266 e. The van der Waals surface area contributed by atoms with Crippen LogP contribution in [0, 0.1) is 6.92 Å². The van der Waals surface area contributed by atoms with Crippen LogP contribution < -0.4 is 11.0 Å². The van der Waals surface area contributed by atoms with E-state index in [0.717, 1.165) is 16.7 Å². The van der Waals surface area contributed by atoms with Crippen LogP contribution >= 0.6 is 11.3 Å². The van der Waals surface area contributed by atoms with Gasteiger partial charge in [-0.2, -0.15) is 0 Å². The third-order valence-electron chi connectivity index (χ3n) is 4.36. The van der Waals surface area contributed by atoms with Gasteiger partial charge in [-0.3, -0.25) is 14.2 Å². The van der Waals surface area contributed by atoms with Gasteiger partial charge >= 0.3 is 0 Å². The van der Waals surface area contributed by atoms with Crippen LogP contribution in [-0.2, 0) is 13.0 Å². The average molecular weight is 348 g/mol. The third-order valence-corrected chi connectivity index (χ3v) is 5.42. The van der Waals surface area contributed by atoms with Crippen LogP contribution in [0.25, 0.3) is 20.3 Å². The van der Waals surface area contributed by atoms with Crippen LogP contribution in [0.15, 0.2) is 64.2 Å². The molecule has 0 fully saturated rings. The molecular formula is C20H16N2O2S. The number of hydrogen-bond donors (Lipinski definition) is 0. The highest BCUT2D eigenvalue weighted by molar-refractivity contribution is 7.24. The van der Waals surface area contributed by atoms with Gasteiger partial charge in [-0.05, 0) is 31.0 Å². The molecule has 0 aliphatic heterocycles. The Kier molecular flexibility index (Phi) is 3.93. The van der Waals surface area contributed by atoms with Gasteiger partial charge in [0.25, 0.3) is 5.56 Å². The predicted molar refractivity (Wildman–Crippen MR) is 103 cm³/mol. The largest absolute Gasteiger partial charge is 0.296 e. The van der Waals surface area contributed by atoms with Crippen molar-refractivity contribution in [1.29, 1.82) is 0 Å². The van der Waals surface area contributed by atoms with Gasteiger partial charge < -0.3 is 0 Å². The first kappa shape index (κ1) is 15.7. The van der Waals surface area contributed by atoms with Crippen LogP contribution in [0.1, 0.15) is 11.4 Å². The van der Waals surface area contributed by atoms with Crippen molar-refractivity contribution in [2.75, 3.05) is 0 Å². The first-order valence-corrected chi connectivity index (χ1v) is 8.94. The molecule has 4 rings (SSSR count). The Morgan fingerprint density at radius 2 is 1.72 bits per heavy atom. The molecule has 25 heavy (non-hydrogen) atoms. The van der Waals surface area contributed by atoms with Crippen LogP contribution in [0.3, 0.4) is 0 Å². The van der Waals surface area contributed by atoms with E-state index >= 15 is 0 Å². The lowest BCUT2D eigenvalue weighted by Crippen LogP contribution is -2.28. The van der Waals surface area contributed by atoms with Crippen molar-refractivity contribution in [1.82, 2.24) is 9.55 Å². The molecule has 2 aromatic carbocycles. The monoisotopic (exact) mass is 348 g/mol. The maximum absolute atomic E-state index is 13.0. The Balaban J connectivity index is 1.88. The Morgan fingerprint density at radius 1 is 1.00 bits per heavy atom. The van der Waals surface area contributed by atoms with Crippen LogP contribution in [0.4, 0.5) is 0 Å². The average Bonchev–Trinajstić information content (AvgIpc) is 2.62. The fourth-order valence-electron chi connectivity index (χ4n) is 3.04. The van der Waals surface area contributed by atoms with Gasteiger partial charge in [0.15, 0.2) is 0 Å². The number of hydrogen-bond acceptors (Lipinski definition) is 4. The van der Waals surface area contributed by atoms with E-state index in [9.17, 15) is 9.59 Å². The van der Waals surface area contributed by atoms with Gasteiger partial charge in [-0.1, -0.05) is 42.5 Å². The molecule has 2 heterocycles. The molecule has 2 aromatic heterocycles. The third kappa shape index (κ3) is 2.76. The van der Waals surface area contributed by atoms with Crippen molar-refractivity contribution >= 4 is 31.6 Å². The molecule has 0 unspecified atom stereocenters. The van der Waals surface area contributed by atoms with E-state index in [4.69, 9.17) is 0 Å². The molecule has 0 amide bonds. The Labute approximate surface area is 148 Å². The number of benzene rings is 2. The molecule has 124 valence electrons. The van der Waals surface area contributed by atoms with Gasteiger partial charge in [0, 0.05) is 16.6 Å². The SMILES string of the molecule is Cc1nc2sc3ccccc3c(=O)c2c(=O)n1CCc1ccccc1. The van der Waals surface area contributed by atoms with Gasteiger partial charge in [-0.15, -0.1) is 11.3 Å². The highest BCUT2D eigenvalue weighted by Crippen LogP contribution is 2.21. The maximum atomic E-state index is 13.0. The maximum Gasteiger partial charge on any atom is 0.266 e. The standard InChI is InChI=1S/C20H16N2O2S/c1-13-21-19-17(18(23)15-9-5-6-10-16(15)25-19)20(24)22(13)12-11-14-7-3-2-4-8-14/h2-10H,11-12H2,1H3. The quantitative estimate of drug-likeness (QED) is 0.532. The van der Waals surface area contributed by atoms with Gasteiger partial charge in [0.1, 0.15) is 16.0 Å². The lowest BCUT2D eigenvalue weighted by Gasteiger charge is -2.10. The zero-order valence-electron chi connectivity index (χ0n) is 13.7. The molecule has 5 heteroatoms. The Hall–Kier alpha value is -2.79. The minimum atomic E-state index is -0.245. The number of aryl methyl sites for hydroxylation is 2. The summed E-state index contributed by atoms with van der Waals surface area (Å²) in [5.41, 5.74) is 0.679. The molecule has 0 spiro atoms. The van der Waals surface area contributed by atoms with Crippen molar-refractivity contribution in [3.05, 3.63) is 86.6 Å². The van der Waals surface area contributed by atoms with E-state index in [1.807, 2.05) is 55.5 Å². The molecule has 0 saturated heterocycles. The summed E-state index contributed by atoms with van der Waals surface area (Å²) in [6, 6.07) is 17.3. The molecule has 4 aromatic rings. The summed E-state index contributed by atoms with van der Waals surface area (Å²) in [6.45, 7) is 2.33. The van der Waals surface area contributed by atoms with Crippen molar-refractivity contribution in [3.63, 3.8) is 0 Å². The fraction of sp³-hybridized carbons (Fsp3) is 0.150. The highest BCUT2D eigenvalue weighted by Gasteiger charge is 2.14. The predicted octanol–water partition coefficient (Wildman–Crippen LogP) is 3.52. The summed E-state index contributed by atoms with van der Waals surface area (Å²) in [6.07, 6.45) is 0.722. The van der Waals surface area contributed by atoms with E-state index in [0.29, 0.717) is 22.6 Å². The summed E-state index contributed by atoms with van der Waals surface area (Å²) in [5.74, 6) is 0.638. The number of rotatable bonds is 3. The first-order valence-electron chi connectivity index (χ1n) is 8.12. The molecule has 0 aliphatic carbocycles. The second kappa shape index (κ2) is 6.26.